The van der Waals surface area contributed by atoms with E-state index in [-0.39, 0.29) is 18.5 Å². The Balaban J connectivity index is 2.24. The summed E-state index contributed by atoms with van der Waals surface area (Å²) in [5.74, 6) is 0.477. The predicted molar refractivity (Wildman–Crippen MR) is 225 cm³/mol. The Morgan fingerprint density at radius 1 is 0.623 bits per heavy atom. The van der Waals surface area contributed by atoms with E-state index in [0.29, 0.717) is 31.0 Å². The average molecular weight is 750 g/mol. The molecule has 1 N–H and O–H groups in total. The molecule has 0 aromatic carbocycles. The van der Waals surface area contributed by atoms with Crippen LogP contribution in [0, 0.1) is 16.7 Å². The molecule has 1 aliphatic rings. The first kappa shape index (κ1) is 49.9. The maximum Gasteiger partial charge on any atom is 0.311 e. The smallest absolute Gasteiger partial charge is 0.311 e. The highest BCUT2D eigenvalue weighted by Gasteiger charge is 2.41. The number of unbranched alkanes of at least 4 members (excludes halogenated alkanes) is 18. The van der Waals surface area contributed by atoms with Crippen LogP contribution in [0.4, 0.5) is 0 Å². The summed E-state index contributed by atoms with van der Waals surface area (Å²) >= 11 is 0. The van der Waals surface area contributed by atoms with Crippen molar-refractivity contribution in [2.24, 2.45) is 16.7 Å². The van der Waals surface area contributed by atoms with Crippen LogP contribution in [0.5, 0.6) is 0 Å². The lowest BCUT2D eigenvalue weighted by molar-refractivity contribution is -0.156. The number of nitrogens with zero attached hydrogens (tertiary/aromatic N) is 1. The van der Waals surface area contributed by atoms with E-state index >= 15 is 0 Å². The van der Waals surface area contributed by atoms with E-state index in [9.17, 15) is 14.7 Å². The van der Waals surface area contributed by atoms with Crippen LogP contribution in [0.25, 0.3) is 0 Å². The van der Waals surface area contributed by atoms with E-state index in [1.807, 2.05) is 0 Å². The molecular formula is C47H91NO5. The minimum absolute atomic E-state index is 0.0127. The number of carbonyl (C=O) groups excluding carboxylic acids is 2. The molecule has 1 aliphatic carbocycles. The zero-order valence-corrected chi connectivity index (χ0v) is 36.3. The molecule has 0 saturated heterocycles. The van der Waals surface area contributed by atoms with Gasteiger partial charge in [-0.1, -0.05) is 149 Å². The average Bonchev–Trinajstić information content (AvgIpc) is 3.92. The lowest BCUT2D eigenvalue weighted by Crippen LogP contribution is -2.30. The summed E-state index contributed by atoms with van der Waals surface area (Å²) in [6.07, 6.45) is 37.0. The maximum atomic E-state index is 13.2. The Morgan fingerprint density at radius 2 is 1.17 bits per heavy atom. The molecular weight excluding hydrogens is 659 g/mol. The van der Waals surface area contributed by atoms with E-state index in [2.05, 4.69) is 39.5 Å². The zero-order chi connectivity index (χ0) is 38.9. The lowest BCUT2D eigenvalue weighted by Gasteiger charge is -2.25. The molecule has 1 rings (SSSR count). The molecule has 1 saturated carbocycles. The molecule has 0 bridgehead atoms. The van der Waals surface area contributed by atoms with Crippen LogP contribution in [-0.2, 0) is 19.1 Å². The number of hydrogen-bond donors (Lipinski definition) is 1. The second-order valence-electron chi connectivity index (χ2n) is 17.8. The number of carbonyl (C=O) groups is 2. The van der Waals surface area contributed by atoms with E-state index in [0.717, 1.165) is 71.0 Å². The molecule has 0 amide bonds. The first-order valence-corrected chi connectivity index (χ1v) is 23.4. The summed E-state index contributed by atoms with van der Waals surface area (Å²) in [6, 6.07) is 0. The molecule has 0 heterocycles. The van der Waals surface area contributed by atoms with Gasteiger partial charge in [0, 0.05) is 13.0 Å². The van der Waals surface area contributed by atoms with Crippen molar-refractivity contribution in [3.8, 4) is 0 Å². The van der Waals surface area contributed by atoms with Crippen molar-refractivity contribution in [2.45, 2.75) is 234 Å². The van der Waals surface area contributed by atoms with Crippen LogP contribution >= 0.6 is 0 Å². The minimum Gasteiger partial charge on any atom is -0.466 e. The largest absolute Gasteiger partial charge is 0.466 e. The van der Waals surface area contributed by atoms with Crippen molar-refractivity contribution in [3.05, 3.63) is 0 Å². The molecule has 0 spiro atoms. The fourth-order valence-corrected chi connectivity index (χ4v) is 7.89. The molecule has 53 heavy (non-hydrogen) atoms. The van der Waals surface area contributed by atoms with Gasteiger partial charge in [0.05, 0.1) is 25.2 Å². The molecule has 6 nitrogen and oxygen atoms in total. The summed E-state index contributed by atoms with van der Waals surface area (Å²) in [6.45, 7) is 15.1. The highest BCUT2D eigenvalue weighted by Crippen LogP contribution is 2.53. The van der Waals surface area contributed by atoms with Gasteiger partial charge in [-0.25, -0.2) is 0 Å². The molecule has 314 valence electrons. The van der Waals surface area contributed by atoms with Gasteiger partial charge < -0.3 is 19.5 Å². The van der Waals surface area contributed by atoms with Crippen molar-refractivity contribution in [1.82, 2.24) is 4.90 Å². The van der Waals surface area contributed by atoms with Gasteiger partial charge in [-0.15, -0.1) is 0 Å². The number of ether oxygens (including phenoxy) is 2. The molecule has 0 aliphatic heterocycles. The van der Waals surface area contributed by atoms with Gasteiger partial charge in [-0.3, -0.25) is 9.59 Å². The lowest BCUT2D eigenvalue weighted by atomic mass is 9.86. The van der Waals surface area contributed by atoms with Crippen molar-refractivity contribution in [3.63, 3.8) is 0 Å². The van der Waals surface area contributed by atoms with Gasteiger partial charge in [0.25, 0.3) is 0 Å². The number of aliphatic hydroxyl groups is 1. The first-order chi connectivity index (χ1) is 25.7. The molecule has 1 fully saturated rings. The number of esters is 2. The first-order valence-electron chi connectivity index (χ1n) is 23.4. The molecule has 0 aromatic rings. The van der Waals surface area contributed by atoms with Crippen molar-refractivity contribution < 1.29 is 24.2 Å². The molecule has 0 unspecified atom stereocenters. The van der Waals surface area contributed by atoms with Gasteiger partial charge in [0.1, 0.15) is 0 Å². The summed E-state index contributed by atoms with van der Waals surface area (Å²) in [7, 11) is 0. The summed E-state index contributed by atoms with van der Waals surface area (Å²) in [4.78, 5) is 27.8. The second-order valence-corrected chi connectivity index (χ2v) is 17.8. The standard InChI is InChI=1S/C47H91NO5/c1-6-9-12-15-16-21-28-41-52-44(50)31-24-26-33-47(34-35-47)36-38-48(39-40-49)37-27-20-19-25-32-46(4,5)45(51)53-42-43(29-22-17-13-10-7-2)30-23-18-14-11-8-3/h43,49H,6-42H2,1-5H3. The topological polar surface area (TPSA) is 76.1 Å². The Morgan fingerprint density at radius 3 is 1.75 bits per heavy atom. The number of aliphatic hydroxyl groups excluding tert-OH is 1. The van der Waals surface area contributed by atoms with Crippen LogP contribution in [0.2, 0.25) is 0 Å². The highest BCUT2D eigenvalue weighted by atomic mass is 16.5. The van der Waals surface area contributed by atoms with E-state index < -0.39 is 5.41 Å². The van der Waals surface area contributed by atoms with Crippen molar-refractivity contribution in [1.29, 1.82) is 0 Å². The van der Waals surface area contributed by atoms with Gasteiger partial charge in [0.2, 0.25) is 0 Å². The SMILES string of the molecule is CCCCCCCCCOC(=O)CCCCC1(CCN(CCO)CCCCCCC(C)(C)C(=O)OCC(CCCCCCC)CCCCCCC)CC1. The summed E-state index contributed by atoms with van der Waals surface area (Å²) in [5, 5.41) is 9.72. The van der Waals surface area contributed by atoms with Gasteiger partial charge in [-0.2, -0.15) is 0 Å². The quantitative estimate of drug-likeness (QED) is 0.0496. The van der Waals surface area contributed by atoms with Gasteiger partial charge >= 0.3 is 11.9 Å². The second kappa shape index (κ2) is 33.0. The third-order valence-corrected chi connectivity index (χ3v) is 12.1. The van der Waals surface area contributed by atoms with E-state index in [1.54, 1.807) is 0 Å². The van der Waals surface area contributed by atoms with Crippen LogP contribution in [-0.4, -0.2) is 61.4 Å². The van der Waals surface area contributed by atoms with Crippen LogP contribution in [0.3, 0.4) is 0 Å². The molecule has 0 aromatic heterocycles. The van der Waals surface area contributed by atoms with Crippen LogP contribution < -0.4 is 0 Å². The Hall–Kier alpha value is -1.14. The fourth-order valence-electron chi connectivity index (χ4n) is 7.89. The Labute approximate surface area is 330 Å². The summed E-state index contributed by atoms with van der Waals surface area (Å²) in [5.41, 5.74) is 0.0285. The van der Waals surface area contributed by atoms with Crippen molar-refractivity contribution in [2.75, 3.05) is 39.5 Å². The van der Waals surface area contributed by atoms with Gasteiger partial charge in [0.15, 0.2) is 0 Å². The number of rotatable bonds is 40. The monoisotopic (exact) mass is 750 g/mol. The summed E-state index contributed by atoms with van der Waals surface area (Å²) < 4.78 is 11.5. The van der Waals surface area contributed by atoms with E-state index in [1.165, 1.54) is 141 Å². The molecule has 0 atom stereocenters. The van der Waals surface area contributed by atoms with Crippen LogP contribution in [0.1, 0.15) is 234 Å². The Bertz CT molecular complexity index is 842. The van der Waals surface area contributed by atoms with E-state index in [4.69, 9.17) is 9.47 Å². The third kappa shape index (κ3) is 28.0. The molecule has 6 heteroatoms. The fraction of sp³-hybridized carbons (Fsp3) is 0.957. The van der Waals surface area contributed by atoms with Crippen LogP contribution in [0.15, 0.2) is 0 Å². The third-order valence-electron chi connectivity index (χ3n) is 12.1. The molecule has 0 radical (unpaired) electrons. The highest BCUT2D eigenvalue weighted by molar-refractivity contribution is 5.75. The maximum absolute atomic E-state index is 13.2. The minimum atomic E-state index is -0.429. The Kier molecular flexibility index (Phi) is 31.1. The van der Waals surface area contributed by atoms with Crippen molar-refractivity contribution >= 4 is 11.9 Å². The van der Waals surface area contributed by atoms with Gasteiger partial charge in [-0.05, 0) is 102 Å². The predicted octanol–water partition coefficient (Wildman–Crippen LogP) is 13.2. The number of hydrogen-bond acceptors (Lipinski definition) is 6. The zero-order valence-electron chi connectivity index (χ0n) is 36.3. The normalized spacial score (nSPS) is 14.0.